The van der Waals surface area contributed by atoms with E-state index in [0.717, 1.165) is 11.1 Å². The Morgan fingerprint density at radius 1 is 0.821 bits per heavy atom. The number of carbonyl (C=O) groups excluding carboxylic acids is 1. The van der Waals surface area contributed by atoms with Gasteiger partial charge in [0.25, 0.3) is 5.91 Å². The highest BCUT2D eigenvalue weighted by Crippen LogP contribution is 2.28. The van der Waals surface area contributed by atoms with E-state index >= 15 is 0 Å². The SMILES string of the molecule is COc1ccc(/C=C(\C#N)C(=O)Nc2ccc(OCc3ccc(Cl)cc3)cc2)c(OCc2ccc(Cl)cc2)c1. The van der Waals surface area contributed by atoms with E-state index < -0.39 is 5.91 Å². The Morgan fingerprint density at radius 2 is 1.38 bits per heavy atom. The summed E-state index contributed by atoms with van der Waals surface area (Å²) in [4.78, 5) is 12.9. The van der Waals surface area contributed by atoms with Crippen LogP contribution in [0.3, 0.4) is 0 Å². The molecule has 0 aliphatic rings. The quantitative estimate of drug-likeness (QED) is 0.159. The smallest absolute Gasteiger partial charge is 0.266 e. The lowest BCUT2D eigenvalue weighted by atomic mass is 10.1. The number of benzene rings is 4. The van der Waals surface area contributed by atoms with Crippen molar-refractivity contribution >= 4 is 40.9 Å². The standard InChI is InChI=1S/C31H24Cl2N2O4/c1-37-29-13-6-23(30(17-29)39-20-22-4-9-26(33)10-5-22)16-24(18-34)31(36)35-27-11-14-28(15-12-27)38-19-21-2-7-25(32)8-3-21/h2-17H,19-20H2,1H3,(H,35,36)/b24-16+. The number of nitriles is 1. The fraction of sp³-hybridized carbons (Fsp3) is 0.0968. The molecule has 4 rings (SSSR count). The van der Waals surface area contributed by atoms with E-state index in [9.17, 15) is 10.1 Å². The van der Waals surface area contributed by atoms with Crippen molar-refractivity contribution < 1.29 is 19.0 Å². The van der Waals surface area contributed by atoms with Gasteiger partial charge in [0.1, 0.15) is 42.1 Å². The molecule has 196 valence electrons. The van der Waals surface area contributed by atoms with E-state index in [1.165, 1.54) is 6.08 Å². The maximum absolute atomic E-state index is 12.9. The van der Waals surface area contributed by atoms with Crippen LogP contribution in [0.1, 0.15) is 16.7 Å². The summed E-state index contributed by atoms with van der Waals surface area (Å²) in [6.45, 7) is 0.653. The second-order valence-electron chi connectivity index (χ2n) is 8.38. The van der Waals surface area contributed by atoms with Gasteiger partial charge in [-0.05, 0) is 77.9 Å². The number of nitrogens with zero attached hydrogens (tertiary/aromatic N) is 1. The van der Waals surface area contributed by atoms with Gasteiger partial charge in [0.2, 0.25) is 0 Å². The molecular weight excluding hydrogens is 535 g/mol. The monoisotopic (exact) mass is 558 g/mol. The first-order chi connectivity index (χ1) is 18.9. The largest absolute Gasteiger partial charge is 0.497 e. The minimum absolute atomic E-state index is 0.0837. The molecule has 8 heteroatoms. The molecule has 4 aromatic rings. The number of nitrogens with one attached hydrogen (secondary N) is 1. The molecule has 0 aromatic heterocycles. The van der Waals surface area contributed by atoms with Crippen LogP contribution < -0.4 is 19.5 Å². The van der Waals surface area contributed by atoms with Gasteiger partial charge in [0.15, 0.2) is 0 Å². The molecule has 0 heterocycles. The number of methoxy groups -OCH3 is 1. The normalized spacial score (nSPS) is 10.9. The number of anilines is 1. The van der Waals surface area contributed by atoms with Crippen molar-refractivity contribution in [3.8, 4) is 23.3 Å². The lowest BCUT2D eigenvalue weighted by molar-refractivity contribution is -0.112. The number of hydrogen-bond donors (Lipinski definition) is 1. The van der Waals surface area contributed by atoms with Gasteiger partial charge in [-0.15, -0.1) is 0 Å². The summed E-state index contributed by atoms with van der Waals surface area (Å²) in [7, 11) is 1.55. The van der Waals surface area contributed by atoms with Crippen molar-refractivity contribution in [1.82, 2.24) is 0 Å². The van der Waals surface area contributed by atoms with Crippen molar-refractivity contribution in [2.75, 3.05) is 12.4 Å². The molecule has 0 aliphatic heterocycles. The minimum Gasteiger partial charge on any atom is -0.497 e. The number of ether oxygens (including phenoxy) is 3. The van der Waals surface area contributed by atoms with Crippen LogP contribution in [0.4, 0.5) is 5.69 Å². The number of hydrogen-bond acceptors (Lipinski definition) is 5. The Kier molecular flexibility index (Phi) is 9.47. The molecule has 0 bridgehead atoms. The Balaban J connectivity index is 1.43. The Hall–Kier alpha value is -4.44. The lowest BCUT2D eigenvalue weighted by Crippen LogP contribution is -2.13. The van der Waals surface area contributed by atoms with E-state index in [-0.39, 0.29) is 12.2 Å². The molecule has 4 aromatic carbocycles. The first kappa shape index (κ1) is 27.6. The van der Waals surface area contributed by atoms with Crippen molar-refractivity contribution in [3.63, 3.8) is 0 Å². The predicted molar refractivity (Wildman–Crippen MR) is 153 cm³/mol. The molecule has 0 saturated heterocycles. The molecule has 6 nitrogen and oxygen atoms in total. The van der Waals surface area contributed by atoms with Crippen molar-refractivity contribution in [1.29, 1.82) is 5.26 Å². The maximum atomic E-state index is 12.9. The van der Waals surface area contributed by atoms with E-state index in [2.05, 4.69) is 5.32 Å². The fourth-order valence-electron chi connectivity index (χ4n) is 3.51. The van der Waals surface area contributed by atoms with Crippen LogP contribution in [0, 0.1) is 11.3 Å². The summed E-state index contributed by atoms with van der Waals surface area (Å²) in [6, 6.07) is 28.7. The van der Waals surface area contributed by atoms with Crippen LogP contribution in [0.15, 0.2) is 96.6 Å². The third-order valence-corrected chi connectivity index (χ3v) is 6.13. The summed E-state index contributed by atoms with van der Waals surface area (Å²) in [5.74, 6) is 1.14. The molecule has 0 radical (unpaired) electrons. The number of halogens is 2. The van der Waals surface area contributed by atoms with E-state index in [1.807, 2.05) is 30.3 Å². The molecule has 0 fully saturated rings. The molecule has 0 atom stereocenters. The van der Waals surface area contributed by atoms with Crippen LogP contribution in [0.25, 0.3) is 6.08 Å². The van der Waals surface area contributed by atoms with E-state index in [1.54, 1.807) is 73.8 Å². The lowest BCUT2D eigenvalue weighted by Gasteiger charge is -2.12. The van der Waals surface area contributed by atoms with Gasteiger partial charge >= 0.3 is 0 Å². The van der Waals surface area contributed by atoms with Gasteiger partial charge in [-0.3, -0.25) is 4.79 Å². The van der Waals surface area contributed by atoms with E-state index in [4.69, 9.17) is 37.4 Å². The topological polar surface area (TPSA) is 80.6 Å². The number of amides is 1. The Morgan fingerprint density at radius 3 is 1.95 bits per heavy atom. The molecule has 0 unspecified atom stereocenters. The Labute approximate surface area is 237 Å². The average molecular weight is 559 g/mol. The highest BCUT2D eigenvalue weighted by atomic mass is 35.5. The first-order valence-electron chi connectivity index (χ1n) is 11.9. The van der Waals surface area contributed by atoms with Gasteiger partial charge in [0.05, 0.1) is 7.11 Å². The van der Waals surface area contributed by atoms with E-state index in [0.29, 0.717) is 45.2 Å². The molecule has 1 N–H and O–H groups in total. The molecule has 0 aliphatic carbocycles. The maximum Gasteiger partial charge on any atom is 0.266 e. The highest BCUT2D eigenvalue weighted by Gasteiger charge is 2.13. The molecular formula is C31H24Cl2N2O4. The molecule has 1 amide bonds. The van der Waals surface area contributed by atoms with Crippen molar-refractivity contribution in [3.05, 3.63) is 123 Å². The van der Waals surface area contributed by atoms with Gasteiger partial charge in [-0.1, -0.05) is 47.5 Å². The summed E-state index contributed by atoms with van der Waals surface area (Å²) < 4.78 is 17.1. The van der Waals surface area contributed by atoms with Crippen LogP contribution >= 0.6 is 23.2 Å². The molecule has 0 saturated carbocycles. The predicted octanol–water partition coefficient (Wildman–Crippen LogP) is 7.71. The zero-order valence-corrected chi connectivity index (χ0v) is 22.5. The second kappa shape index (κ2) is 13.4. The van der Waals surface area contributed by atoms with Crippen LogP contribution in [-0.4, -0.2) is 13.0 Å². The Bertz CT molecular complexity index is 1490. The van der Waals surface area contributed by atoms with Gasteiger partial charge < -0.3 is 19.5 Å². The minimum atomic E-state index is -0.549. The summed E-state index contributed by atoms with van der Waals surface area (Å²) in [5.41, 5.74) is 2.89. The molecule has 39 heavy (non-hydrogen) atoms. The van der Waals surface area contributed by atoms with Crippen molar-refractivity contribution in [2.45, 2.75) is 13.2 Å². The molecule has 0 spiro atoms. The third-order valence-electron chi connectivity index (χ3n) is 5.62. The summed E-state index contributed by atoms with van der Waals surface area (Å²) in [5, 5.41) is 13.8. The van der Waals surface area contributed by atoms with Crippen LogP contribution in [0.5, 0.6) is 17.2 Å². The number of carbonyl (C=O) groups is 1. The van der Waals surface area contributed by atoms with Crippen LogP contribution in [-0.2, 0) is 18.0 Å². The van der Waals surface area contributed by atoms with Gasteiger partial charge in [0, 0.05) is 27.4 Å². The van der Waals surface area contributed by atoms with Gasteiger partial charge in [-0.25, -0.2) is 0 Å². The zero-order chi connectivity index (χ0) is 27.6. The first-order valence-corrected chi connectivity index (χ1v) is 12.6. The zero-order valence-electron chi connectivity index (χ0n) is 21.0. The fourth-order valence-corrected chi connectivity index (χ4v) is 3.76. The van der Waals surface area contributed by atoms with Gasteiger partial charge in [-0.2, -0.15) is 5.26 Å². The second-order valence-corrected chi connectivity index (χ2v) is 9.26. The average Bonchev–Trinajstić information content (AvgIpc) is 2.96. The summed E-state index contributed by atoms with van der Waals surface area (Å²) in [6.07, 6.45) is 1.48. The number of rotatable bonds is 10. The summed E-state index contributed by atoms with van der Waals surface area (Å²) >= 11 is 11.9. The highest BCUT2D eigenvalue weighted by molar-refractivity contribution is 6.30. The third kappa shape index (κ3) is 8.02. The van der Waals surface area contributed by atoms with Crippen molar-refractivity contribution in [2.24, 2.45) is 0 Å². The van der Waals surface area contributed by atoms with Crippen LogP contribution in [0.2, 0.25) is 10.0 Å².